The summed E-state index contributed by atoms with van der Waals surface area (Å²) in [6, 6.07) is 7.35. The van der Waals surface area contributed by atoms with Gasteiger partial charge in [-0.2, -0.15) is 0 Å². The van der Waals surface area contributed by atoms with Gasteiger partial charge in [-0.3, -0.25) is 9.48 Å². The number of carbonyl (C=O) groups excluding carboxylic acids is 1. The third kappa shape index (κ3) is 3.62. The summed E-state index contributed by atoms with van der Waals surface area (Å²) < 4.78 is 1.53. The van der Waals surface area contributed by atoms with Crippen molar-refractivity contribution in [2.24, 2.45) is 5.73 Å². The fourth-order valence-corrected chi connectivity index (χ4v) is 1.68. The predicted octanol–water partition coefficient (Wildman–Crippen LogP) is -0.341. The van der Waals surface area contributed by atoms with Crippen LogP contribution >= 0.6 is 0 Å². The number of amides is 1. The molecule has 0 saturated carbocycles. The van der Waals surface area contributed by atoms with Gasteiger partial charge in [0.2, 0.25) is 0 Å². The monoisotopic (exact) mass is 275 g/mol. The quantitative estimate of drug-likeness (QED) is 0.668. The molecule has 0 aliphatic heterocycles. The number of carbonyl (C=O) groups is 1. The molecule has 2 aromatic rings. The lowest BCUT2D eigenvalue weighted by atomic mass is 10.1. The van der Waals surface area contributed by atoms with Crippen LogP contribution in [0.15, 0.2) is 30.5 Å². The van der Waals surface area contributed by atoms with Crippen molar-refractivity contribution in [3.05, 3.63) is 47.3 Å². The van der Waals surface area contributed by atoms with Crippen molar-refractivity contribution in [1.82, 2.24) is 20.3 Å². The highest BCUT2D eigenvalue weighted by Gasteiger charge is 2.10. The summed E-state index contributed by atoms with van der Waals surface area (Å²) in [6.07, 6.45) is 1.57. The summed E-state index contributed by atoms with van der Waals surface area (Å²) in [5.74, 6) is -0.278. The lowest BCUT2D eigenvalue weighted by Gasteiger charge is -2.04. The number of benzene rings is 1. The number of aromatic nitrogens is 3. The Hall–Kier alpha value is -2.25. The van der Waals surface area contributed by atoms with E-state index < -0.39 is 0 Å². The van der Waals surface area contributed by atoms with E-state index in [0.29, 0.717) is 19.6 Å². The second-order valence-corrected chi connectivity index (χ2v) is 4.31. The highest BCUT2D eigenvalue weighted by Crippen LogP contribution is 2.04. The molecule has 0 saturated heterocycles. The number of aliphatic hydroxyl groups excluding tert-OH is 1. The third-order valence-electron chi connectivity index (χ3n) is 2.79. The molecule has 0 atom stereocenters. The molecule has 4 N–H and O–H groups in total. The third-order valence-corrected chi connectivity index (χ3v) is 2.79. The molecule has 0 aliphatic rings. The Kier molecular flexibility index (Phi) is 4.80. The Morgan fingerprint density at radius 3 is 2.65 bits per heavy atom. The summed E-state index contributed by atoms with van der Waals surface area (Å²) in [5, 5.41) is 19.3. The van der Waals surface area contributed by atoms with Crippen LogP contribution in [0.3, 0.4) is 0 Å². The minimum atomic E-state index is -0.278. The fourth-order valence-electron chi connectivity index (χ4n) is 1.68. The van der Waals surface area contributed by atoms with Gasteiger partial charge in [0.05, 0.1) is 19.3 Å². The summed E-state index contributed by atoms with van der Waals surface area (Å²) in [5.41, 5.74) is 7.45. The van der Waals surface area contributed by atoms with Crippen LogP contribution in [-0.4, -0.2) is 32.6 Å². The first-order chi connectivity index (χ1) is 9.72. The van der Waals surface area contributed by atoms with Crippen LogP contribution in [0, 0.1) is 0 Å². The van der Waals surface area contributed by atoms with Gasteiger partial charge in [0, 0.05) is 13.1 Å². The molecule has 1 aromatic carbocycles. The van der Waals surface area contributed by atoms with Crippen molar-refractivity contribution < 1.29 is 9.90 Å². The minimum Gasteiger partial charge on any atom is -0.392 e. The van der Waals surface area contributed by atoms with Gasteiger partial charge in [0.15, 0.2) is 5.69 Å². The average Bonchev–Trinajstić information content (AvgIpc) is 2.94. The van der Waals surface area contributed by atoms with Gasteiger partial charge in [0.1, 0.15) is 0 Å². The van der Waals surface area contributed by atoms with E-state index in [-0.39, 0.29) is 18.2 Å². The molecule has 0 bridgehead atoms. The molecule has 106 valence electrons. The second kappa shape index (κ2) is 6.78. The summed E-state index contributed by atoms with van der Waals surface area (Å²) >= 11 is 0. The average molecular weight is 275 g/mol. The molecular weight excluding hydrogens is 258 g/mol. The smallest absolute Gasteiger partial charge is 0.273 e. The summed E-state index contributed by atoms with van der Waals surface area (Å²) in [6.45, 7) is 1.38. The van der Waals surface area contributed by atoms with Crippen molar-refractivity contribution in [3.8, 4) is 0 Å². The van der Waals surface area contributed by atoms with Gasteiger partial charge in [0.25, 0.3) is 5.91 Å². The normalized spacial score (nSPS) is 10.5. The van der Waals surface area contributed by atoms with Crippen molar-refractivity contribution in [2.75, 3.05) is 6.54 Å². The van der Waals surface area contributed by atoms with E-state index in [1.165, 1.54) is 4.68 Å². The van der Waals surface area contributed by atoms with Gasteiger partial charge in [-0.05, 0) is 11.1 Å². The summed E-state index contributed by atoms with van der Waals surface area (Å²) in [7, 11) is 0. The van der Waals surface area contributed by atoms with Crippen molar-refractivity contribution in [1.29, 1.82) is 0 Å². The molecular formula is C13H17N5O2. The maximum atomic E-state index is 11.9. The Bertz CT molecular complexity index is 564. The first-order valence-corrected chi connectivity index (χ1v) is 6.30. The van der Waals surface area contributed by atoms with E-state index in [0.717, 1.165) is 11.1 Å². The number of rotatable bonds is 6. The van der Waals surface area contributed by atoms with Crippen molar-refractivity contribution in [2.45, 2.75) is 19.7 Å². The van der Waals surface area contributed by atoms with Gasteiger partial charge in [-0.1, -0.05) is 29.5 Å². The molecule has 1 aromatic heterocycles. The largest absolute Gasteiger partial charge is 0.392 e. The van der Waals surface area contributed by atoms with E-state index in [2.05, 4.69) is 15.6 Å². The van der Waals surface area contributed by atoms with E-state index in [4.69, 9.17) is 10.8 Å². The zero-order valence-corrected chi connectivity index (χ0v) is 11.0. The van der Waals surface area contributed by atoms with Gasteiger partial charge < -0.3 is 16.2 Å². The number of nitrogens with one attached hydrogen (secondary N) is 1. The minimum absolute atomic E-state index is 0.0108. The number of nitrogens with two attached hydrogens (primary N) is 1. The standard InChI is InChI=1S/C13H17N5O2/c14-5-6-18-8-12(16-17-18)13(20)15-7-10-1-3-11(9-19)4-2-10/h1-4,8,19H,5-7,9,14H2,(H,15,20). The molecule has 1 heterocycles. The van der Waals surface area contributed by atoms with Crippen LogP contribution in [0.5, 0.6) is 0 Å². The van der Waals surface area contributed by atoms with Crippen molar-refractivity contribution >= 4 is 5.91 Å². The highest BCUT2D eigenvalue weighted by atomic mass is 16.3. The number of hydrogen-bond acceptors (Lipinski definition) is 5. The van der Waals surface area contributed by atoms with Crippen molar-refractivity contribution in [3.63, 3.8) is 0 Å². The first-order valence-electron chi connectivity index (χ1n) is 6.30. The van der Waals surface area contributed by atoms with Crippen LogP contribution in [-0.2, 0) is 19.7 Å². The van der Waals surface area contributed by atoms with Crippen LogP contribution < -0.4 is 11.1 Å². The lowest BCUT2D eigenvalue weighted by Crippen LogP contribution is -2.23. The summed E-state index contributed by atoms with van der Waals surface area (Å²) in [4.78, 5) is 11.9. The Balaban J connectivity index is 1.90. The Morgan fingerprint density at radius 1 is 1.30 bits per heavy atom. The molecule has 0 radical (unpaired) electrons. The molecule has 2 rings (SSSR count). The van der Waals surface area contributed by atoms with Gasteiger partial charge in [-0.25, -0.2) is 0 Å². The molecule has 0 unspecified atom stereocenters. The van der Waals surface area contributed by atoms with E-state index in [1.807, 2.05) is 24.3 Å². The topological polar surface area (TPSA) is 106 Å². The molecule has 20 heavy (non-hydrogen) atoms. The van der Waals surface area contributed by atoms with Gasteiger partial charge >= 0.3 is 0 Å². The predicted molar refractivity (Wildman–Crippen MR) is 72.6 cm³/mol. The van der Waals surface area contributed by atoms with E-state index >= 15 is 0 Å². The molecule has 7 nitrogen and oxygen atoms in total. The molecule has 0 spiro atoms. The molecule has 0 aliphatic carbocycles. The van der Waals surface area contributed by atoms with E-state index in [1.54, 1.807) is 6.20 Å². The second-order valence-electron chi connectivity index (χ2n) is 4.31. The van der Waals surface area contributed by atoms with Gasteiger partial charge in [-0.15, -0.1) is 5.10 Å². The Labute approximate surface area is 116 Å². The fraction of sp³-hybridized carbons (Fsp3) is 0.308. The van der Waals surface area contributed by atoms with Crippen LogP contribution in [0.2, 0.25) is 0 Å². The number of hydrogen-bond donors (Lipinski definition) is 3. The van der Waals surface area contributed by atoms with E-state index in [9.17, 15) is 4.79 Å². The lowest BCUT2D eigenvalue weighted by molar-refractivity contribution is 0.0946. The zero-order valence-electron chi connectivity index (χ0n) is 11.0. The Morgan fingerprint density at radius 2 is 2.00 bits per heavy atom. The maximum absolute atomic E-state index is 11.9. The first kappa shape index (κ1) is 14.2. The SMILES string of the molecule is NCCn1cc(C(=O)NCc2ccc(CO)cc2)nn1. The number of aliphatic hydroxyl groups is 1. The maximum Gasteiger partial charge on any atom is 0.273 e. The number of nitrogens with zero attached hydrogens (tertiary/aromatic N) is 3. The van der Waals surface area contributed by atoms with Crippen LogP contribution in [0.25, 0.3) is 0 Å². The molecule has 1 amide bonds. The zero-order chi connectivity index (χ0) is 14.4. The molecule has 7 heteroatoms. The molecule has 0 fully saturated rings. The highest BCUT2D eigenvalue weighted by molar-refractivity contribution is 5.91. The van der Waals surface area contributed by atoms with Crippen LogP contribution in [0.4, 0.5) is 0 Å². The van der Waals surface area contributed by atoms with Crippen LogP contribution in [0.1, 0.15) is 21.6 Å².